The van der Waals surface area contributed by atoms with Crippen LogP contribution in [0.1, 0.15) is 12.6 Å². The summed E-state index contributed by atoms with van der Waals surface area (Å²) in [6.07, 6.45) is 0.616. The fourth-order valence-corrected chi connectivity index (χ4v) is 1.60. The van der Waals surface area contributed by atoms with Crippen molar-refractivity contribution >= 4 is 23.3 Å². The molecule has 2 rings (SSSR count). The number of anilines is 1. The summed E-state index contributed by atoms with van der Waals surface area (Å²) in [5.41, 5.74) is 0.589. The molecular weight excluding hydrogens is 270 g/mol. The van der Waals surface area contributed by atoms with Crippen molar-refractivity contribution in [2.45, 2.75) is 13.3 Å². The highest BCUT2D eigenvalue weighted by molar-refractivity contribution is 6.32. The summed E-state index contributed by atoms with van der Waals surface area (Å²) in [6.45, 7) is 1.72. The van der Waals surface area contributed by atoms with Gasteiger partial charge in [-0.25, -0.2) is 4.63 Å². The maximum absolute atomic E-state index is 11.7. The lowest BCUT2D eigenvalue weighted by Gasteiger charge is -2.07. The van der Waals surface area contributed by atoms with Gasteiger partial charge in [-0.05, 0) is 23.7 Å². The molecule has 0 bridgehead atoms. The van der Waals surface area contributed by atoms with Crippen molar-refractivity contribution in [2.24, 2.45) is 0 Å². The molecule has 19 heavy (non-hydrogen) atoms. The van der Waals surface area contributed by atoms with Crippen LogP contribution < -0.4 is 10.1 Å². The number of benzene rings is 1. The molecule has 0 unspecified atom stereocenters. The van der Waals surface area contributed by atoms with Crippen LogP contribution in [0.2, 0.25) is 5.02 Å². The van der Waals surface area contributed by atoms with E-state index in [0.29, 0.717) is 28.7 Å². The van der Waals surface area contributed by atoms with Gasteiger partial charge in [0.05, 0.1) is 5.02 Å². The Morgan fingerprint density at radius 2 is 2.21 bits per heavy atom. The first-order valence-corrected chi connectivity index (χ1v) is 6.07. The van der Waals surface area contributed by atoms with Gasteiger partial charge < -0.3 is 10.1 Å². The molecule has 7 heteroatoms. The average molecular weight is 282 g/mol. The summed E-state index contributed by atoms with van der Waals surface area (Å²) in [6, 6.07) is 6.93. The van der Waals surface area contributed by atoms with Crippen molar-refractivity contribution in [1.29, 1.82) is 0 Å². The van der Waals surface area contributed by atoms with Crippen molar-refractivity contribution in [1.82, 2.24) is 10.3 Å². The van der Waals surface area contributed by atoms with Gasteiger partial charge in [0.15, 0.2) is 6.61 Å². The van der Waals surface area contributed by atoms with Crippen molar-refractivity contribution in [3.05, 3.63) is 35.0 Å². The standard InChI is InChI=1S/C12H12ClN3O3/c1-2-9-12(16-19-15-9)14-11(17)7-18-10-6-4-3-5-8(10)13/h3-6H,2,7H2,1H3,(H,14,16,17). The summed E-state index contributed by atoms with van der Waals surface area (Å²) >= 11 is 5.90. The Morgan fingerprint density at radius 3 is 2.95 bits per heavy atom. The van der Waals surface area contributed by atoms with Crippen LogP contribution in [-0.4, -0.2) is 22.8 Å². The van der Waals surface area contributed by atoms with Gasteiger partial charge >= 0.3 is 0 Å². The van der Waals surface area contributed by atoms with E-state index >= 15 is 0 Å². The lowest BCUT2D eigenvalue weighted by Crippen LogP contribution is -2.21. The van der Waals surface area contributed by atoms with E-state index in [0.717, 1.165) is 0 Å². The molecule has 0 saturated carbocycles. The molecule has 0 spiro atoms. The molecule has 1 N–H and O–H groups in total. The Balaban J connectivity index is 1.90. The number of para-hydroxylation sites is 1. The van der Waals surface area contributed by atoms with E-state index in [9.17, 15) is 4.79 Å². The quantitative estimate of drug-likeness (QED) is 0.910. The molecule has 2 aromatic rings. The fraction of sp³-hybridized carbons (Fsp3) is 0.250. The first-order valence-electron chi connectivity index (χ1n) is 5.69. The van der Waals surface area contributed by atoms with Crippen molar-refractivity contribution in [3.63, 3.8) is 0 Å². The molecule has 0 aliphatic carbocycles. The number of halogens is 1. The number of hydrogen-bond acceptors (Lipinski definition) is 5. The van der Waals surface area contributed by atoms with E-state index in [1.54, 1.807) is 24.3 Å². The number of nitrogens with one attached hydrogen (secondary N) is 1. The molecule has 100 valence electrons. The Morgan fingerprint density at radius 1 is 1.42 bits per heavy atom. The maximum Gasteiger partial charge on any atom is 0.263 e. The van der Waals surface area contributed by atoms with E-state index in [4.69, 9.17) is 16.3 Å². The van der Waals surface area contributed by atoms with Crippen molar-refractivity contribution in [3.8, 4) is 5.75 Å². The van der Waals surface area contributed by atoms with Crippen LogP contribution >= 0.6 is 11.6 Å². The SMILES string of the molecule is CCc1nonc1NC(=O)COc1ccccc1Cl. The largest absolute Gasteiger partial charge is 0.482 e. The zero-order valence-electron chi connectivity index (χ0n) is 10.2. The minimum absolute atomic E-state index is 0.167. The van der Waals surface area contributed by atoms with Crippen LogP contribution in [0, 0.1) is 0 Å². The van der Waals surface area contributed by atoms with Crippen molar-refractivity contribution < 1.29 is 14.2 Å². The molecular formula is C12H12ClN3O3. The van der Waals surface area contributed by atoms with Crippen LogP contribution in [0.3, 0.4) is 0 Å². The minimum atomic E-state index is -0.356. The molecule has 0 aliphatic rings. The highest BCUT2D eigenvalue weighted by Gasteiger charge is 2.12. The highest BCUT2D eigenvalue weighted by atomic mass is 35.5. The summed E-state index contributed by atoms with van der Waals surface area (Å²) in [4.78, 5) is 11.7. The van der Waals surface area contributed by atoms with Crippen LogP contribution in [-0.2, 0) is 11.2 Å². The van der Waals surface area contributed by atoms with E-state index in [1.807, 2.05) is 6.92 Å². The third-order valence-electron chi connectivity index (χ3n) is 2.34. The highest BCUT2D eigenvalue weighted by Crippen LogP contribution is 2.22. The second-order valence-corrected chi connectivity index (χ2v) is 4.09. The second-order valence-electron chi connectivity index (χ2n) is 3.68. The predicted octanol–water partition coefficient (Wildman–Crippen LogP) is 2.30. The molecule has 1 amide bonds. The normalized spacial score (nSPS) is 10.2. The van der Waals surface area contributed by atoms with E-state index in [1.165, 1.54) is 0 Å². The number of aryl methyl sites for hydroxylation is 1. The monoisotopic (exact) mass is 281 g/mol. The smallest absolute Gasteiger partial charge is 0.263 e. The van der Waals surface area contributed by atoms with E-state index in [2.05, 4.69) is 20.3 Å². The molecule has 1 aromatic heterocycles. The fourth-order valence-electron chi connectivity index (χ4n) is 1.41. The number of carbonyl (C=O) groups excluding carboxylic acids is 1. The molecule has 0 fully saturated rings. The minimum Gasteiger partial charge on any atom is -0.482 e. The Kier molecular flexibility index (Phi) is 4.35. The third kappa shape index (κ3) is 3.45. The molecule has 6 nitrogen and oxygen atoms in total. The average Bonchev–Trinajstić information content (AvgIpc) is 2.85. The topological polar surface area (TPSA) is 77.3 Å². The summed E-state index contributed by atoms with van der Waals surface area (Å²) in [7, 11) is 0. The van der Waals surface area contributed by atoms with Gasteiger partial charge in [-0.3, -0.25) is 4.79 Å². The summed E-state index contributed by atoms with van der Waals surface area (Å²) in [5.74, 6) is 0.411. The molecule has 1 aromatic carbocycles. The van der Waals surface area contributed by atoms with Gasteiger partial charge in [0.1, 0.15) is 11.4 Å². The number of ether oxygens (including phenoxy) is 1. The second kappa shape index (κ2) is 6.19. The first-order chi connectivity index (χ1) is 9.20. The molecule has 0 aliphatic heterocycles. The predicted molar refractivity (Wildman–Crippen MR) is 69.3 cm³/mol. The van der Waals surface area contributed by atoms with E-state index < -0.39 is 0 Å². The zero-order valence-corrected chi connectivity index (χ0v) is 11.0. The number of aromatic nitrogens is 2. The number of amides is 1. The van der Waals surface area contributed by atoms with Gasteiger partial charge in [0, 0.05) is 0 Å². The zero-order chi connectivity index (χ0) is 13.7. The van der Waals surface area contributed by atoms with Gasteiger partial charge in [-0.1, -0.05) is 35.8 Å². The lowest BCUT2D eigenvalue weighted by molar-refractivity contribution is -0.118. The number of carbonyl (C=O) groups is 1. The number of hydrogen-bond donors (Lipinski definition) is 1. The van der Waals surface area contributed by atoms with Crippen LogP contribution in [0.25, 0.3) is 0 Å². The number of nitrogens with zero attached hydrogens (tertiary/aromatic N) is 2. The van der Waals surface area contributed by atoms with Gasteiger partial charge in [-0.2, -0.15) is 0 Å². The lowest BCUT2D eigenvalue weighted by atomic mass is 10.3. The molecule has 0 radical (unpaired) electrons. The number of rotatable bonds is 5. The molecule has 0 atom stereocenters. The van der Waals surface area contributed by atoms with Gasteiger partial charge in [0.25, 0.3) is 5.91 Å². The maximum atomic E-state index is 11.7. The van der Waals surface area contributed by atoms with Crippen molar-refractivity contribution in [2.75, 3.05) is 11.9 Å². The third-order valence-corrected chi connectivity index (χ3v) is 2.66. The Hall–Kier alpha value is -2.08. The molecule has 1 heterocycles. The Bertz CT molecular complexity index is 571. The van der Waals surface area contributed by atoms with Crippen LogP contribution in [0.4, 0.5) is 5.82 Å². The van der Waals surface area contributed by atoms with Crippen LogP contribution in [0.15, 0.2) is 28.9 Å². The Labute approximate surface area is 114 Å². The van der Waals surface area contributed by atoms with Crippen LogP contribution in [0.5, 0.6) is 5.75 Å². The van der Waals surface area contributed by atoms with Gasteiger partial charge in [0.2, 0.25) is 5.82 Å². The summed E-state index contributed by atoms with van der Waals surface area (Å²) in [5, 5.41) is 10.3. The molecule has 0 saturated heterocycles. The van der Waals surface area contributed by atoms with Gasteiger partial charge in [-0.15, -0.1) is 0 Å². The van der Waals surface area contributed by atoms with E-state index in [-0.39, 0.29) is 12.5 Å². The first kappa shape index (κ1) is 13.4. The summed E-state index contributed by atoms with van der Waals surface area (Å²) < 4.78 is 9.84.